The smallest absolute Gasteiger partial charge is 0.303 e. The van der Waals surface area contributed by atoms with Crippen molar-refractivity contribution in [2.75, 3.05) is 0 Å². The van der Waals surface area contributed by atoms with Gasteiger partial charge in [0, 0.05) is 22.1 Å². The predicted molar refractivity (Wildman–Crippen MR) is 76.2 cm³/mol. The highest BCUT2D eigenvalue weighted by molar-refractivity contribution is 7.99. The molecule has 0 bridgehead atoms. The second-order valence-corrected chi connectivity index (χ2v) is 7.17. The van der Waals surface area contributed by atoms with E-state index in [0.29, 0.717) is 6.42 Å². The van der Waals surface area contributed by atoms with E-state index in [1.807, 2.05) is 18.0 Å². The average molecular weight is 285 g/mol. The summed E-state index contributed by atoms with van der Waals surface area (Å²) in [5, 5.41) is 10.6. The molecule has 18 heavy (non-hydrogen) atoms. The molecule has 1 heterocycles. The SMILES string of the molecule is O=C(O)CCc1cnc(CSC2CCCCC2)s1. The third-order valence-electron chi connectivity index (χ3n) is 3.18. The number of carboxylic acid groups (broad SMARTS) is 1. The van der Waals surface area contributed by atoms with Crippen molar-refractivity contribution in [2.45, 2.75) is 55.9 Å². The molecule has 5 heteroatoms. The van der Waals surface area contributed by atoms with Crippen LogP contribution in [-0.2, 0) is 17.0 Å². The van der Waals surface area contributed by atoms with Gasteiger partial charge in [-0.3, -0.25) is 4.79 Å². The number of hydrogen-bond acceptors (Lipinski definition) is 4. The summed E-state index contributed by atoms with van der Waals surface area (Å²) < 4.78 is 0. The maximum atomic E-state index is 10.5. The molecule has 0 atom stereocenters. The summed E-state index contributed by atoms with van der Waals surface area (Å²) in [6.45, 7) is 0. The Bertz CT molecular complexity index is 386. The van der Waals surface area contributed by atoms with Gasteiger partial charge in [-0.15, -0.1) is 11.3 Å². The first-order valence-corrected chi connectivity index (χ1v) is 8.37. The normalized spacial score (nSPS) is 16.9. The van der Waals surface area contributed by atoms with Gasteiger partial charge in [-0.05, 0) is 19.3 Å². The van der Waals surface area contributed by atoms with Crippen molar-refractivity contribution in [3.05, 3.63) is 16.1 Å². The minimum Gasteiger partial charge on any atom is -0.481 e. The highest BCUT2D eigenvalue weighted by Gasteiger charge is 2.14. The van der Waals surface area contributed by atoms with Gasteiger partial charge in [-0.2, -0.15) is 11.8 Å². The van der Waals surface area contributed by atoms with Crippen LogP contribution in [0.1, 0.15) is 48.4 Å². The molecule has 1 saturated carbocycles. The highest BCUT2D eigenvalue weighted by Crippen LogP contribution is 2.31. The summed E-state index contributed by atoms with van der Waals surface area (Å²) in [4.78, 5) is 16.0. The van der Waals surface area contributed by atoms with Crippen molar-refractivity contribution in [2.24, 2.45) is 0 Å². The second kappa shape index (κ2) is 7.14. The van der Waals surface area contributed by atoms with E-state index in [4.69, 9.17) is 5.11 Å². The lowest BCUT2D eigenvalue weighted by molar-refractivity contribution is -0.136. The fourth-order valence-corrected chi connectivity index (χ4v) is 4.46. The lowest BCUT2D eigenvalue weighted by Crippen LogP contribution is -2.07. The Morgan fingerprint density at radius 2 is 2.22 bits per heavy atom. The summed E-state index contributed by atoms with van der Waals surface area (Å²) in [5.41, 5.74) is 0. The second-order valence-electron chi connectivity index (χ2n) is 4.69. The number of aryl methyl sites for hydroxylation is 1. The van der Waals surface area contributed by atoms with Gasteiger partial charge in [0.1, 0.15) is 5.01 Å². The van der Waals surface area contributed by atoms with E-state index in [1.165, 1.54) is 32.1 Å². The zero-order valence-electron chi connectivity index (χ0n) is 10.4. The molecule has 1 fully saturated rings. The molecule has 0 unspecified atom stereocenters. The van der Waals surface area contributed by atoms with Gasteiger partial charge >= 0.3 is 5.97 Å². The van der Waals surface area contributed by atoms with Crippen molar-refractivity contribution in [1.29, 1.82) is 0 Å². The van der Waals surface area contributed by atoms with Crippen molar-refractivity contribution >= 4 is 29.1 Å². The van der Waals surface area contributed by atoms with Gasteiger partial charge in [-0.1, -0.05) is 19.3 Å². The fraction of sp³-hybridized carbons (Fsp3) is 0.692. The van der Waals surface area contributed by atoms with Crippen LogP contribution in [0.25, 0.3) is 0 Å². The number of thioether (sulfide) groups is 1. The van der Waals surface area contributed by atoms with Gasteiger partial charge in [0.2, 0.25) is 0 Å². The van der Waals surface area contributed by atoms with Crippen LogP contribution in [0.4, 0.5) is 0 Å². The van der Waals surface area contributed by atoms with Gasteiger partial charge in [0.05, 0.1) is 6.42 Å². The van der Waals surface area contributed by atoms with E-state index < -0.39 is 5.97 Å². The molecule has 0 aliphatic heterocycles. The number of carbonyl (C=O) groups is 1. The van der Waals surface area contributed by atoms with E-state index in [1.54, 1.807) is 11.3 Å². The molecular formula is C13H19NO2S2. The first kappa shape index (κ1) is 13.9. The van der Waals surface area contributed by atoms with Crippen molar-refractivity contribution < 1.29 is 9.90 Å². The molecule has 3 nitrogen and oxygen atoms in total. The minimum absolute atomic E-state index is 0.206. The third-order valence-corrected chi connectivity index (χ3v) is 5.80. The molecule has 1 aliphatic rings. The summed E-state index contributed by atoms with van der Waals surface area (Å²) >= 11 is 3.69. The van der Waals surface area contributed by atoms with E-state index >= 15 is 0 Å². The number of carboxylic acids is 1. The van der Waals surface area contributed by atoms with E-state index in [2.05, 4.69) is 4.98 Å². The zero-order valence-corrected chi connectivity index (χ0v) is 12.1. The molecule has 0 aromatic carbocycles. The Morgan fingerprint density at radius 3 is 2.94 bits per heavy atom. The van der Waals surface area contributed by atoms with Crippen LogP contribution in [0.2, 0.25) is 0 Å². The lowest BCUT2D eigenvalue weighted by Gasteiger charge is -2.20. The molecule has 100 valence electrons. The molecule has 0 radical (unpaired) electrons. The van der Waals surface area contributed by atoms with Crippen LogP contribution < -0.4 is 0 Å². The van der Waals surface area contributed by atoms with Crippen molar-refractivity contribution in [1.82, 2.24) is 4.98 Å². The molecule has 1 aromatic heterocycles. The van der Waals surface area contributed by atoms with Crippen molar-refractivity contribution in [3.8, 4) is 0 Å². The molecule has 1 aliphatic carbocycles. The predicted octanol–water partition coefficient (Wildman–Crippen LogP) is 3.73. The zero-order chi connectivity index (χ0) is 12.8. The van der Waals surface area contributed by atoms with Crippen molar-refractivity contribution in [3.63, 3.8) is 0 Å². The molecule has 1 N–H and O–H groups in total. The molecule has 0 saturated heterocycles. The van der Waals surface area contributed by atoms with Gasteiger partial charge in [0.25, 0.3) is 0 Å². The molecule has 1 aromatic rings. The minimum atomic E-state index is -0.735. The topological polar surface area (TPSA) is 50.2 Å². The van der Waals surface area contributed by atoms with Gasteiger partial charge in [-0.25, -0.2) is 4.98 Å². The Balaban J connectivity index is 1.73. The van der Waals surface area contributed by atoms with Crippen LogP contribution in [0.3, 0.4) is 0 Å². The largest absolute Gasteiger partial charge is 0.481 e. The fourth-order valence-electron chi connectivity index (χ4n) is 2.18. The van der Waals surface area contributed by atoms with Crippen LogP contribution in [0.5, 0.6) is 0 Å². The van der Waals surface area contributed by atoms with Crippen LogP contribution in [0, 0.1) is 0 Å². The number of thiazole rings is 1. The number of hydrogen-bond donors (Lipinski definition) is 1. The van der Waals surface area contributed by atoms with E-state index in [-0.39, 0.29) is 6.42 Å². The van der Waals surface area contributed by atoms with Crippen LogP contribution in [-0.4, -0.2) is 21.3 Å². The molecule has 0 amide bonds. The molecule has 2 rings (SSSR count). The maximum Gasteiger partial charge on any atom is 0.303 e. The quantitative estimate of drug-likeness (QED) is 0.865. The first-order chi connectivity index (χ1) is 8.74. The molecule has 0 spiro atoms. The summed E-state index contributed by atoms with van der Waals surface area (Å²) in [6.07, 6.45) is 9.50. The van der Waals surface area contributed by atoms with E-state index in [0.717, 1.165) is 20.9 Å². The third kappa shape index (κ3) is 4.61. The Labute approximate surface area is 116 Å². The summed E-state index contributed by atoms with van der Waals surface area (Å²) in [6, 6.07) is 0. The summed E-state index contributed by atoms with van der Waals surface area (Å²) in [7, 11) is 0. The Hall–Kier alpha value is -0.550. The monoisotopic (exact) mass is 285 g/mol. The standard InChI is InChI=1S/C13H19NO2S2/c15-13(16)7-6-11-8-14-12(18-11)9-17-10-4-2-1-3-5-10/h8,10H,1-7,9H2,(H,15,16). The molecular weight excluding hydrogens is 266 g/mol. The van der Waals surface area contributed by atoms with Gasteiger partial charge in [0.15, 0.2) is 0 Å². The summed E-state index contributed by atoms with van der Waals surface area (Å²) in [5.74, 6) is 0.254. The number of nitrogens with zero attached hydrogens (tertiary/aromatic N) is 1. The average Bonchev–Trinajstić information content (AvgIpc) is 2.83. The number of rotatable bonds is 6. The number of aromatic nitrogens is 1. The highest BCUT2D eigenvalue weighted by atomic mass is 32.2. The lowest BCUT2D eigenvalue weighted by atomic mass is 10.0. The van der Waals surface area contributed by atoms with Gasteiger partial charge < -0.3 is 5.11 Å². The number of aliphatic carboxylic acids is 1. The Kier molecular flexibility index (Phi) is 5.50. The first-order valence-electron chi connectivity index (χ1n) is 6.51. The Morgan fingerprint density at radius 1 is 1.44 bits per heavy atom. The maximum absolute atomic E-state index is 10.5. The van der Waals surface area contributed by atoms with Crippen LogP contribution >= 0.6 is 23.1 Å². The van der Waals surface area contributed by atoms with Crippen LogP contribution in [0.15, 0.2) is 6.20 Å². The van der Waals surface area contributed by atoms with E-state index in [9.17, 15) is 4.79 Å².